The average molecular weight is 534 g/mol. The summed E-state index contributed by atoms with van der Waals surface area (Å²) in [5.41, 5.74) is 17.3. The molecular weight excluding hydrogens is 498 g/mol. The Balaban J connectivity index is 2.13. The number of likely N-dealkylation sites (tertiary alicyclic amines) is 1. The summed E-state index contributed by atoms with van der Waals surface area (Å²) in [6.45, 7) is 0.622. The predicted molar refractivity (Wildman–Crippen MR) is 137 cm³/mol. The Hall–Kier alpha value is -4.20. The molecule has 1 aromatic rings. The molecule has 2 rings (SSSR count). The van der Waals surface area contributed by atoms with Crippen LogP contribution in [0.25, 0.3) is 0 Å². The Morgan fingerprint density at radius 1 is 1.05 bits per heavy atom. The standard InChI is InChI=1S/C24H35N7O7/c25-15(8-4-10-28-24(26)27)22(36)31-11-5-9-18(31)21(35)29-16(12-14-6-2-1-3-7-14)20(34)30-17(23(37)38)13-19(32)33/h1-3,6-7,15-18H,4-5,8-13,25H2,(H,29,35)(H,30,34)(H,32,33)(H,37,38)(H4,26,27,28). The van der Waals surface area contributed by atoms with Crippen LogP contribution in [-0.2, 0) is 30.4 Å². The Bertz CT molecular complexity index is 1030. The molecule has 3 amide bonds. The molecule has 0 saturated carbocycles. The lowest BCUT2D eigenvalue weighted by molar-refractivity contribution is -0.147. The first-order chi connectivity index (χ1) is 18.0. The number of rotatable bonds is 14. The van der Waals surface area contributed by atoms with Gasteiger partial charge in [0.05, 0.1) is 12.5 Å². The van der Waals surface area contributed by atoms with Gasteiger partial charge in [-0.3, -0.25) is 24.2 Å². The highest BCUT2D eigenvalue weighted by Gasteiger charge is 2.38. The fourth-order valence-corrected chi connectivity index (χ4v) is 4.13. The summed E-state index contributed by atoms with van der Waals surface area (Å²) < 4.78 is 0. The molecule has 4 atom stereocenters. The van der Waals surface area contributed by atoms with Crippen molar-refractivity contribution in [2.24, 2.45) is 22.2 Å². The van der Waals surface area contributed by atoms with Crippen molar-refractivity contribution >= 4 is 35.6 Å². The molecule has 0 aliphatic carbocycles. The number of hydrogen-bond acceptors (Lipinski definition) is 7. The van der Waals surface area contributed by atoms with Gasteiger partial charge in [0.2, 0.25) is 17.7 Å². The number of nitrogens with one attached hydrogen (secondary N) is 2. The first-order valence-electron chi connectivity index (χ1n) is 12.2. The maximum atomic E-state index is 13.2. The second-order valence-electron chi connectivity index (χ2n) is 8.99. The Morgan fingerprint density at radius 3 is 2.34 bits per heavy atom. The minimum atomic E-state index is -1.68. The summed E-state index contributed by atoms with van der Waals surface area (Å²) in [7, 11) is 0. The molecule has 0 bridgehead atoms. The van der Waals surface area contributed by atoms with Gasteiger partial charge in [0.15, 0.2) is 5.96 Å². The number of nitrogens with zero attached hydrogens (tertiary/aromatic N) is 2. The van der Waals surface area contributed by atoms with E-state index in [1.807, 2.05) is 0 Å². The normalized spacial score (nSPS) is 17.1. The zero-order chi connectivity index (χ0) is 28.2. The quantitative estimate of drug-likeness (QED) is 0.0797. The number of aliphatic imine (C=N–C) groups is 1. The number of aliphatic carboxylic acids is 2. The number of guanidine groups is 1. The van der Waals surface area contributed by atoms with Gasteiger partial charge >= 0.3 is 11.9 Å². The molecule has 0 spiro atoms. The summed E-state index contributed by atoms with van der Waals surface area (Å²) in [6.07, 6.45) is 0.867. The maximum Gasteiger partial charge on any atom is 0.326 e. The van der Waals surface area contributed by atoms with Crippen LogP contribution in [0.3, 0.4) is 0 Å². The molecule has 1 aliphatic rings. The third kappa shape index (κ3) is 9.35. The minimum absolute atomic E-state index is 0.0167. The second-order valence-corrected chi connectivity index (χ2v) is 8.99. The van der Waals surface area contributed by atoms with Crippen LogP contribution < -0.4 is 27.8 Å². The zero-order valence-corrected chi connectivity index (χ0v) is 20.9. The topological polar surface area (TPSA) is 244 Å². The molecule has 1 fully saturated rings. The van der Waals surface area contributed by atoms with Crippen molar-refractivity contribution in [1.82, 2.24) is 15.5 Å². The van der Waals surface area contributed by atoms with Gasteiger partial charge < -0.3 is 42.9 Å². The number of benzene rings is 1. The number of amides is 3. The molecule has 14 nitrogen and oxygen atoms in total. The third-order valence-corrected chi connectivity index (χ3v) is 6.03. The van der Waals surface area contributed by atoms with E-state index < -0.39 is 60.2 Å². The SMILES string of the molecule is NC(N)=NCCCC(N)C(=O)N1CCCC1C(=O)NC(Cc1ccccc1)C(=O)NC(CC(=O)O)C(=O)O. The van der Waals surface area contributed by atoms with E-state index in [-0.39, 0.29) is 12.4 Å². The van der Waals surface area contributed by atoms with Crippen LogP contribution in [0.5, 0.6) is 0 Å². The number of carbonyl (C=O) groups excluding carboxylic acids is 3. The van der Waals surface area contributed by atoms with Crippen LogP contribution in [0.2, 0.25) is 0 Å². The summed E-state index contributed by atoms with van der Waals surface area (Å²) in [5.74, 6) is -4.85. The van der Waals surface area contributed by atoms with Gasteiger partial charge in [0, 0.05) is 19.5 Å². The van der Waals surface area contributed by atoms with E-state index in [0.717, 1.165) is 0 Å². The Morgan fingerprint density at radius 2 is 1.74 bits per heavy atom. The molecule has 0 radical (unpaired) electrons. The summed E-state index contributed by atoms with van der Waals surface area (Å²) in [6, 6.07) is 4.07. The molecule has 208 valence electrons. The molecule has 14 heteroatoms. The van der Waals surface area contributed by atoms with Crippen LogP contribution >= 0.6 is 0 Å². The summed E-state index contributed by atoms with van der Waals surface area (Å²) in [4.78, 5) is 66.9. The van der Waals surface area contributed by atoms with Crippen LogP contribution in [0.15, 0.2) is 35.3 Å². The minimum Gasteiger partial charge on any atom is -0.481 e. The molecule has 0 aromatic heterocycles. The number of hydrogen-bond donors (Lipinski definition) is 7. The van der Waals surface area contributed by atoms with E-state index in [0.29, 0.717) is 44.3 Å². The van der Waals surface area contributed by atoms with Crippen LogP contribution in [0.4, 0.5) is 0 Å². The smallest absolute Gasteiger partial charge is 0.326 e. The van der Waals surface area contributed by atoms with Gasteiger partial charge in [-0.1, -0.05) is 30.3 Å². The number of nitrogens with two attached hydrogens (primary N) is 3. The Kier molecular flexibility index (Phi) is 11.5. The summed E-state index contributed by atoms with van der Waals surface area (Å²) >= 11 is 0. The van der Waals surface area contributed by atoms with E-state index in [1.165, 1.54) is 4.90 Å². The van der Waals surface area contributed by atoms with Crippen molar-refractivity contribution in [3.8, 4) is 0 Å². The molecule has 1 aromatic carbocycles. The fraction of sp³-hybridized carbons (Fsp3) is 0.500. The average Bonchev–Trinajstić information content (AvgIpc) is 3.35. The zero-order valence-electron chi connectivity index (χ0n) is 20.9. The third-order valence-electron chi connectivity index (χ3n) is 6.03. The first kappa shape index (κ1) is 30.0. The van der Waals surface area contributed by atoms with Gasteiger partial charge in [-0.25, -0.2) is 4.79 Å². The Labute approximate surface area is 219 Å². The van der Waals surface area contributed by atoms with Crippen molar-refractivity contribution in [2.75, 3.05) is 13.1 Å². The van der Waals surface area contributed by atoms with Gasteiger partial charge in [0.1, 0.15) is 18.1 Å². The fourth-order valence-electron chi connectivity index (χ4n) is 4.13. The van der Waals surface area contributed by atoms with Gasteiger partial charge in [-0.15, -0.1) is 0 Å². The molecular formula is C24H35N7O7. The van der Waals surface area contributed by atoms with Gasteiger partial charge in [0.25, 0.3) is 0 Å². The maximum absolute atomic E-state index is 13.2. The highest BCUT2D eigenvalue weighted by molar-refractivity contribution is 5.95. The number of carboxylic acids is 2. The first-order valence-corrected chi connectivity index (χ1v) is 12.2. The lowest BCUT2D eigenvalue weighted by Crippen LogP contribution is -2.57. The number of carbonyl (C=O) groups is 5. The highest BCUT2D eigenvalue weighted by atomic mass is 16.4. The van der Waals surface area contributed by atoms with E-state index in [2.05, 4.69) is 15.6 Å². The molecule has 1 aliphatic heterocycles. The molecule has 4 unspecified atom stereocenters. The lowest BCUT2D eigenvalue weighted by atomic mass is 10.0. The van der Waals surface area contributed by atoms with Crippen molar-refractivity contribution in [3.05, 3.63) is 35.9 Å². The van der Waals surface area contributed by atoms with Gasteiger partial charge in [-0.05, 0) is 31.2 Å². The highest BCUT2D eigenvalue weighted by Crippen LogP contribution is 2.20. The van der Waals surface area contributed by atoms with E-state index >= 15 is 0 Å². The van der Waals surface area contributed by atoms with Gasteiger partial charge in [-0.2, -0.15) is 0 Å². The van der Waals surface area contributed by atoms with Crippen LogP contribution in [-0.4, -0.2) is 88.0 Å². The van der Waals surface area contributed by atoms with E-state index in [4.69, 9.17) is 22.3 Å². The number of carboxylic acid groups (broad SMARTS) is 2. The van der Waals surface area contributed by atoms with Crippen molar-refractivity contribution in [1.29, 1.82) is 0 Å². The van der Waals surface area contributed by atoms with E-state index in [1.54, 1.807) is 30.3 Å². The van der Waals surface area contributed by atoms with Crippen molar-refractivity contribution in [2.45, 2.75) is 62.7 Å². The molecule has 38 heavy (non-hydrogen) atoms. The molecule has 1 saturated heterocycles. The van der Waals surface area contributed by atoms with Crippen molar-refractivity contribution < 1.29 is 34.2 Å². The molecule has 1 heterocycles. The van der Waals surface area contributed by atoms with Crippen molar-refractivity contribution in [3.63, 3.8) is 0 Å². The largest absolute Gasteiger partial charge is 0.481 e. The monoisotopic (exact) mass is 533 g/mol. The van der Waals surface area contributed by atoms with Crippen LogP contribution in [0, 0.1) is 0 Å². The second kappa shape index (κ2) is 14.5. The lowest BCUT2D eigenvalue weighted by Gasteiger charge is -2.28. The van der Waals surface area contributed by atoms with Crippen LogP contribution in [0.1, 0.15) is 37.7 Å². The molecule has 10 N–H and O–H groups in total. The van der Waals surface area contributed by atoms with E-state index in [9.17, 15) is 29.1 Å². The predicted octanol–water partition coefficient (Wildman–Crippen LogP) is -1.87. The summed E-state index contributed by atoms with van der Waals surface area (Å²) in [5, 5.41) is 23.1.